The molecule has 0 spiro atoms. The zero-order valence-electron chi connectivity index (χ0n) is 20.6. The molecule has 0 heterocycles. The lowest BCUT2D eigenvalue weighted by Crippen LogP contribution is -2.07. The smallest absolute Gasteiger partial charge is 0.203 e. The predicted molar refractivity (Wildman–Crippen MR) is 135 cm³/mol. The highest BCUT2D eigenvalue weighted by Crippen LogP contribution is 2.40. The summed E-state index contributed by atoms with van der Waals surface area (Å²) in [6.07, 6.45) is 3.39. The molecule has 0 saturated carbocycles. The summed E-state index contributed by atoms with van der Waals surface area (Å²) < 4.78 is 52.7. The summed E-state index contributed by atoms with van der Waals surface area (Å²) >= 11 is 0. The van der Waals surface area contributed by atoms with Gasteiger partial charge in [0.05, 0.1) is 46.2 Å². The first-order valence-corrected chi connectivity index (χ1v) is 12.3. The van der Waals surface area contributed by atoms with Gasteiger partial charge < -0.3 is 33.9 Å². The van der Waals surface area contributed by atoms with Crippen LogP contribution < -0.4 is 23.7 Å². The number of aromatic hydroxyl groups is 2. The van der Waals surface area contributed by atoms with Crippen LogP contribution >= 0.6 is 0 Å². The molecule has 0 aliphatic carbocycles. The van der Waals surface area contributed by atoms with Crippen LogP contribution in [0.25, 0.3) is 12.2 Å². The molecule has 3 aromatic carbocycles. The lowest BCUT2D eigenvalue weighted by molar-refractivity contribution is 0.324. The van der Waals surface area contributed by atoms with E-state index < -0.39 is 15.6 Å². The molecule has 9 nitrogen and oxygen atoms in total. The van der Waals surface area contributed by atoms with Crippen LogP contribution in [0.15, 0.2) is 47.4 Å². The Morgan fingerprint density at radius 3 is 1.83 bits per heavy atom. The van der Waals surface area contributed by atoms with E-state index >= 15 is 0 Å². The van der Waals surface area contributed by atoms with Gasteiger partial charge in [-0.15, -0.1) is 0 Å². The fourth-order valence-corrected chi connectivity index (χ4v) is 5.04. The average molecular weight is 517 g/mol. The molecular weight excluding hydrogens is 488 g/mol. The molecule has 0 aliphatic heterocycles. The van der Waals surface area contributed by atoms with Crippen LogP contribution in [-0.4, -0.2) is 54.2 Å². The summed E-state index contributed by atoms with van der Waals surface area (Å²) in [5, 5.41) is 20.8. The first kappa shape index (κ1) is 26.6. The molecule has 0 bridgehead atoms. The minimum absolute atomic E-state index is 0.123. The van der Waals surface area contributed by atoms with Crippen molar-refractivity contribution in [2.24, 2.45) is 0 Å². The highest BCUT2D eigenvalue weighted by atomic mass is 32.2. The summed E-state index contributed by atoms with van der Waals surface area (Å²) in [7, 11) is 3.29. The van der Waals surface area contributed by atoms with Crippen molar-refractivity contribution in [3.63, 3.8) is 0 Å². The van der Waals surface area contributed by atoms with Gasteiger partial charge >= 0.3 is 0 Å². The van der Waals surface area contributed by atoms with Crippen LogP contribution in [0.3, 0.4) is 0 Å². The van der Waals surface area contributed by atoms with Crippen LogP contribution in [0.2, 0.25) is 0 Å². The number of sulfone groups is 1. The topological polar surface area (TPSA) is 121 Å². The number of methoxy groups -OCH3 is 5. The Kier molecular flexibility index (Phi) is 8.21. The van der Waals surface area contributed by atoms with Gasteiger partial charge in [-0.2, -0.15) is 0 Å². The maximum absolute atomic E-state index is 13.2. The number of hydrogen-bond acceptors (Lipinski definition) is 9. The van der Waals surface area contributed by atoms with Gasteiger partial charge in [0.2, 0.25) is 5.75 Å². The van der Waals surface area contributed by atoms with Crippen molar-refractivity contribution in [3.8, 4) is 40.2 Å². The third-order valence-corrected chi connectivity index (χ3v) is 7.13. The lowest BCUT2D eigenvalue weighted by atomic mass is 10.0. The summed E-state index contributed by atoms with van der Waals surface area (Å²) in [5.74, 6) is 0.467. The van der Waals surface area contributed by atoms with Gasteiger partial charge in [-0.25, -0.2) is 8.42 Å². The van der Waals surface area contributed by atoms with Crippen LogP contribution in [0.1, 0.15) is 16.7 Å². The largest absolute Gasteiger partial charge is 0.504 e. The van der Waals surface area contributed by atoms with E-state index in [2.05, 4.69) is 0 Å². The van der Waals surface area contributed by atoms with E-state index in [-0.39, 0.29) is 33.5 Å². The second kappa shape index (κ2) is 11.1. The molecule has 0 unspecified atom stereocenters. The first-order chi connectivity index (χ1) is 17.2. The van der Waals surface area contributed by atoms with Gasteiger partial charge in [-0.3, -0.25) is 0 Å². The first-order valence-electron chi connectivity index (χ1n) is 10.7. The van der Waals surface area contributed by atoms with E-state index in [9.17, 15) is 18.6 Å². The Labute approximate surface area is 210 Å². The van der Waals surface area contributed by atoms with Gasteiger partial charge in [0, 0.05) is 11.6 Å². The van der Waals surface area contributed by atoms with Crippen molar-refractivity contribution >= 4 is 22.0 Å². The zero-order chi connectivity index (χ0) is 26.5. The fraction of sp³-hybridized carbons (Fsp3) is 0.231. The molecule has 0 radical (unpaired) electrons. The quantitative estimate of drug-likeness (QED) is 0.380. The van der Waals surface area contributed by atoms with E-state index in [1.54, 1.807) is 36.4 Å². The molecular formula is C26H28O9S. The third-order valence-electron chi connectivity index (χ3n) is 5.49. The summed E-state index contributed by atoms with van der Waals surface area (Å²) in [6, 6.07) is 10.4. The predicted octanol–water partition coefficient (Wildman–Crippen LogP) is 4.29. The van der Waals surface area contributed by atoms with Gasteiger partial charge in [-0.05, 0) is 41.5 Å². The number of hydrogen-bond donors (Lipinski definition) is 2. The summed E-state index contributed by atoms with van der Waals surface area (Å²) in [5.41, 5.74) is 1.27. The molecule has 36 heavy (non-hydrogen) atoms. The maximum atomic E-state index is 13.2. The molecule has 0 amide bonds. The van der Waals surface area contributed by atoms with Gasteiger partial charge in [-0.1, -0.05) is 18.2 Å². The summed E-state index contributed by atoms with van der Waals surface area (Å²) in [4.78, 5) is -0.123. The molecule has 192 valence electrons. The normalized spacial score (nSPS) is 11.4. The second-order valence-corrected chi connectivity index (χ2v) is 9.56. The molecule has 0 aromatic heterocycles. The van der Waals surface area contributed by atoms with Crippen molar-refractivity contribution in [1.82, 2.24) is 0 Å². The average Bonchev–Trinajstić information content (AvgIpc) is 2.88. The van der Waals surface area contributed by atoms with E-state index in [4.69, 9.17) is 23.7 Å². The third kappa shape index (κ3) is 5.44. The number of ether oxygens (including phenoxy) is 5. The van der Waals surface area contributed by atoms with Crippen molar-refractivity contribution in [3.05, 3.63) is 59.2 Å². The van der Waals surface area contributed by atoms with Crippen molar-refractivity contribution in [2.75, 3.05) is 35.5 Å². The van der Waals surface area contributed by atoms with Gasteiger partial charge in [0.1, 0.15) is 0 Å². The van der Waals surface area contributed by atoms with Gasteiger partial charge in [0.25, 0.3) is 0 Å². The fourth-order valence-electron chi connectivity index (χ4n) is 3.62. The van der Waals surface area contributed by atoms with Crippen molar-refractivity contribution in [2.45, 2.75) is 10.6 Å². The van der Waals surface area contributed by atoms with E-state index in [1.807, 2.05) is 0 Å². The number of benzene rings is 3. The Morgan fingerprint density at radius 1 is 0.722 bits per heavy atom. The second-order valence-electron chi connectivity index (χ2n) is 7.57. The van der Waals surface area contributed by atoms with Gasteiger partial charge in [0.15, 0.2) is 44.3 Å². The summed E-state index contributed by atoms with van der Waals surface area (Å²) in [6.45, 7) is 0. The molecule has 3 aromatic rings. The Bertz CT molecular complexity index is 1350. The van der Waals surface area contributed by atoms with E-state index in [1.165, 1.54) is 47.7 Å². The standard InChI is InChI=1S/C26H28O9S/c1-31-21-11-9-18(14-20(21)27)36(29,30)15-19-17(8-10-22(32-2)25(19)28)7-6-16-12-23(33-3)26(35-5)24(13-16)34-4/h6-14,27-28H,15H2,1-5H3/b7-6-. The molecule has 0 fully saturated rings. The highest BCUT2D eigenvalue weighted by molar-refractivity contribution is 7.90. The minimum atomic E-state index is -3.97. The number of rotatable bonds is 10. The van der Waals surface area contributed by atoms with Crippen molar-refractivity contribution in [1.29, 1.82) is 0 Å². The van der Waals surface area contributed by atoms with Crippen LogP contribution in [0.5, 0.6) is 40.2 Å². The minimum Gasteiger partial charge on any atom is -0.504 e. The SMILES string of the molecule is COc1ccc(S(=O)(=O)Cc2c(/C=C\c3cc(OC)c(OC)c(OC)c3)ccc(OC)c2O)cc1O. The monoisotopic (exact) mass is 516 g/mol. The molecule has 3 rings (SSSR count). The Hall–Kier alpha value is -4.05. The number of phenolic OH excluding ortho intramolecular Hbond substituents is 2. The van der Waals surface area contributed by atoms with Crippen LogP contribution in [-0.2, 0) is 15.6 Å². The van der Waals surface area contributed by atoms with Crippen LogP contribution in [0, 0.1) is 0 Å². The van der Waals surface area contributed by atoms with Crippen LogP contribution in [0.4, 0.5) is 0 Å². The number of phenols is 2. The zero-order valence-corrected chi connectivity index (χ0v) is 21.4. The van der Waals surface area contributed by atoms with Crippen molar-refractivity contribution < 1.29 is 42.3 Å². The van der Waals surface area contributed by atoms with E-state index in [0.29, 0.717) is 28.4 Å². The molecule has 0 aliphatic rings. The molecule has 0 atom stereocenters. The lowest BCUT2D eigenvalue weighted by Gasteiger charge is -2.14. The highest BCUT2D eigenvalue weighted by Gasteiger charge is 2.23. The molecule has 10 heteroatoms. The Balaban J connectivity index is 2.06. The Morgan fingerprint density at radius 2 is 1.31 bits per heavy atom. The molecule has 0 saturated heterocycles. The van der Waals surface area contributed by atoms with E-state index in [0.717, 1.165) is 6.07 Å². The molecule has 2 N–H and O–H groups in total. The maximum Gasteiger partial charge on any atom is 0.203 e.